The van der Waals surface area contributed by atoms with Gasteiger partial charge in [0.25, 0.3) is 5.91 Å². The maximum Gasteiger partial charge on any atom is 0.308 e. The number of aliphatic hydroxyl groups is 1. The summed E-state index contributed by atoms with van der Waals surface area (Å²) in [6, 6.07) is 4.67. The van der Waals surface area contributed by atoms with Crippen molar-refractivity contribution in [1.82, 2.24) is 25.4 Å². The standard InChI is InChI=1S/C40H58FN5O6S/c1-9-18-46(38(50)34(25(5)10-2)43-36(49)31-13-11-12-19-45(31)7)32(24(3)4)20-33(47)37-42-30(23-53-37)35(48)44-40(21-26(6)39(51)52-8)22-29(40)27-14-16-28(41)17-15-27/h9,14-18,23-26,29,31-34,47H,10-13,19-22H2,1-8H3,(H,43,49)(H,44,48)/b18-9+/t25?,26-,29?,31+,32?,33+,34-,40-/m0/s1. The fraction of sp³-hybridized carbons (Fsp3) is 0.625. The highest BCUT2D eigenvalue weighted by Crippen LogP contribution is 2.55. The Balaban J connectivity index is 1.51. The van der Waals surface area contributed by atoms with E-state index in [2.05, 4.69) is 15.6 Å². The van der Waals surface area contributed by atoms with E-state index in [1.54, 1.807) is 41.6 Å². The summed E-state index contributed by atoms with van der Waals surface area (Å²) in [5.41, 5.74) is 0.234. The van der Waals surface area contributed by atoms with Crippen molar-refractivity contribution in [2.45, 2.75) is 122 Å². The number of piperidine rings is 1. The summed E-state index contributed by atoms with van der Waals surface area (Å²) in [7, 11) is 3.27. The molecule has 0 radical (unpaired) electrons. The summed E-state index contributed by atoms with van der Waals surface area (Å²) < 4.78 is 18.6. The number of benzene rings is 1. The number of nitrogens with one attached hydrogen (secondary N) is 2. The van der Waals surface area contributed by atoms with Gasteiger partial charge < -0.3 is 25.4 Å². The molecule has 8 atom stereocenters. The minimum Gasteiger partial charge on any atom is -0.469 e. The molecule has 2 aromatic rings. The van der Waals surface area contributed by atoms with Crippen LogP contribution in [0.3, 0.4) is 0 Å². The van der Waals surface area contributed by atoms with Crippen molar-refractivity contribution in [2.75, 3.05) is 20.7 Å². The van der Waals surface area contributed by atoms with Gasteiger partial charge in [-0.3, -0.25) is 24.1 Å². The molecule has 13 heteroatoms. The molecule has 1 aliphatic carbocycles. The molecule has 3 N–H and O–H groups in total. The molecular formula is C40H58FN5O6S. The molecule has 2 fully saturated rings. The maximum atomic E-state index is 14.4. The molecule has 1 aromatic heterocycles. The molecule has 1 saturated carbocycles. The Bertz CT molecular complexity index is 1600. The highest BCUT2D eigenvalue weighted by atomic mass is 32.1. The van der Waals surface area contributed by atoms with Gasteiger partial charge in [0.15, 0.2) is 0 Å². The van der Waals surface area contributed by atoms with Gasteiger partial charge in [0.1, 0.15) is 28.7 Å². The van der Waals surface area contributed by atoms with Crippen molar-refractivity contribution < 1.29 is 33.4 Å². The highest BCUT2D eigenvalue weighted by Gasteiger charge is 2.57. The Morgan fingerprint density at radius 2 is 1.87 bits per heavy atom. The quantitative estimate of drug-likeness (QED) is 0.168. The number of halogens is 1. The molecule has 1 aliphatic heterocycles. The number of aromatic nitrogens is 1. The number of amides is 3. The molecule has 1 aromatic carbocycles. The van der Waals surface area contributed by atoms with Gasteiger partial charge in [-0.2, -0.15) is 0 Å². The predicted molar refractivity (Wildman–Crippen MR) is 203 cm³/mol. The topological polar surface area (TPSA) is 141 Å². The second kappa shape index (κ2) is 18.6. The summed E-state index contributed by atoms with van der Waals surface area (Å²) >= 11 is 1.16. The number of likely N-dealkylation sites (N-methyl/N-ethyl adjacent to an activating group) is 1. The van der Waals surface area contributed by atoms with Crippen LogP contribution < -0.4 is 10.6 Å². The van der Waals surface area contributed by atoms with Crippen LogP contribution in [0.25, 0.3) is 0 Å². The monoisotopic (exact) mass is 755 g/mol. The van der Waals surface area contributed by atoms with Gasteiger partial charge in [-0.05, 0) is 75.7 Å². The molecule has 292 valence electrons. The number of hydrogen-bond donors (Lipinski definition) is 3. The predicted octanol–water partition coefficient (Wildman–Crippen LogP) is 5.96. The lowest BCUT2D eigenvalue weighted by atomic mass is 9.92. The largest absolute Gasteiger partial charge is 0.469 e. The van der Waals surface area contributed by atoms with Gasteiger partial charge in [0.05, 0.1) is 19.1 Å². The van der Waals surface area contributed by atoms with Gasteiger partial charge in [0.2, 0.25) is 11.8 Å². The van der Waals surface area contributed by atoms with E-state index in [9.17, 15) is 28.7 Å². The van der Waals surface area contributed by atoms with Crippen molar-refractivity contribution in [3.05, 3.63) is 64.0 Å². The van der Waals surface area contributed by atoms with Crippen LogP contribution in [0.1, 0.15) is 120 Å². The van der Waals surface area contributed by atoms with E-state index in [4.69, 9.17) is 4.74 Å². The van der Waals surface area contributed by atoms with Crippen molar-refractivity contribution in [3.63, 3.8) is 0 Å². The number of rotatable bonds is 17. The Hall–Kier alpha value is -3.68. The van der Waals surface area contributed by atoms with Gasteiger partial charge in [0, 0.05) is 35.5 Å². The zero-order valence-corrected chi connectivity index (χ0v) is 33.2. The van der Waals surface area contributed by atoms with Crippen LogP contribution in [-0.2, 0) is 19.1 Å². The number of esters is 1. The summed E-state index contributed by atoms with van der Waals surface area (Å²) in [6.07, 6.45) is 6.91. The normalized spacial score (nSPS) is 23.2. The first-order chi connectivity index (χ1) is 25.2. The van der Waals surface area contributed by atoms with E-state index in [0.29, 0.717) is 24.3 Å². The molecule has 53 heavy (non-hydrogen) atoms. The fourth-order valence-corrected chi connectivity index (χ4v) is 8.36. The number of allylic oxidation sites excluding steroid dienone is 1. The third kappa shape index (κ3) is 10.3. The van der Waals surface area contributed by atoms with Crippen LogP contribution >= 0.6 is 11.3 Å². The first-order valence-electron chi connectivity index (χ1n) is 18.9. The Labute approximate surface area is 317 Å². The van der Waals surface area contributed by atoms with Gasteiger partial charge in [-0.15, -0.1) is 11.3 Å². The zero-order valence-electron chi connectivity index (χ0n) is 32.4. The highest BCUT2D eigenvalue weighted by molar-refractivity contribution is 7.09. The Kier molecular flexibility index (Phi) is 14.7. The van der Waals surface area contributed by atoms with Gasteiger partial charge in [-0.1, -0.05) is 65.7 Å². The second-order valence-corrected chi connectivity index (χ2v) is 16.2. The molecule has 3 amide bonds. The number of aliphatic hydroxyl groups excluding tert-OH is 1. The lowest BCUT2D eigenvalue weighted by molar-refractivity contribution is -0.145. The fourth-order valence-electron chi connectivity index (χ4n) is 7.56. The molecule has 3 unspecified atom stereocenters. The van der Waals surface area contributed by atoms with Crippen LogP contribution in [0.4, 0.5) is 4.39 Å². The number of carbonyl (C=O) groups is 4. The van der Waals surface area contributed by atoms with Gasteiger partial charge in [-0.25, -0.2) is 9.37 Å². The van der Waals surface area contributed by atoms with Crippen molar-refractivity contribution >= 4 is 35.0 Å². The number of likely N-dealkylation sites (tertiary alicyclic amines) is 1. The minimum atomic E-state index is -1.08. The van der Waals surface area contributed by atoms with Crippen LogP contribution in [0, 0.1) is 23.6 Å². The van der Waals surface area contributed by atoms with E-state index in [1.165, 1.54) is 19.2 Å². The smallest absolute Gasteiger partial charge is 0.308 e. The second-order valence-electron chi connectivity index (χ2n) is 15.3. The molecule has 1 saturated heterocycles. The molecule has 4 rings (SSSR count). The molecule has 11 nitrogen and oxygen atoms in total. The Morgan fingerprint density at radius 1 is 1.17 bits per heavy atom. The van der Waals surface area contributed by atoms with Crippen LogP contribution in [0.5, 0.6) is 0 Å². The number of hydrogen-bond acceptors (Lipinski definition) is 9. The van der Waals surface area contributed by atoms with E-state index >= 15 is 0 Å². The van der Waals surface area contributed by atoms with Crippen LogP contribution in [0.15, 0.2) is 41.9 Å². The maximum absolute atomic E-state index is 14.4. The molecule has 2 heterocycles. The number of ether oxygens (including phenoxy) is 1. The van der Waals surface area contributed by atoms with Crippen LogP contribution in [-0.4, -0.2) is 87.9 Å². The van der Waals surface area contributed by atoms with E-state index in [0.717, 1.165) is 42.7 Å². The number of nitrogens with zero attached hydrogens (tertiary/aromatic N) is 3. The van der Waals surface area contributed by atoms with E-state index < -0.39 is 35.6 Å². The van der Waals surface area contributed by atoms with Crippen molar-refractivity contribution in [2.24, 2.45) is 17.8 Å². The van der Waals surface area contributed by atoms with Crippen molar-refractivity contribution in [3.8, 4) is 0 Å². The summed E-state index contributed by atoms with van der Waals surface area (Å²) in [5.74, 6) is -2.37. The number of carbonyl (C=O) groups excluding carboxylic acids is 4. The zero-order chi connectivity index (χ0) is 39.0. The molecule has 0 spiro atoms. The number of thiazole rings is 1. The lowest BCUT2D eigenvalue weighted by Gasteiger charge is -2.38. The molecule has 2 aliphatic rings. The third-order valence-corrected chi connectivity index (χ3v) is 12.0. The van der Waals surface area contributed by atoms with Gasteiger partial charge >= 0.3 is 5.97 Å². The first-order valence-corrected chi connectivity index (χ1v) is 19.8. The number of methoxy groups -OCH3 is 1. The van der Waals surface area contributed by atoms with Crippen molar-refractivity contribution in [1.29, 1.82) is 0 Å². The van der Waals surface area contributed by atoms with E-state index in [-0.39, 0.29) is 59.5 Å². The molecular weight excluding hydrogens is 698 g/mol. The summed E-state index contributed by atoms with van der Waals surface area (Å²) in [4.78, 5) is 62.1. The summed E-state index contributed by atoms with van der Waals surface area (Å²) in [6.45, 7) is 12.3. The average molecular weight is 756 g/mol. The molecule has 0 bridgehead atoms. The summed E-state index contributed by atoms with van der Waals surface area (Å²) in [5, 5.41) is 19.7. The van der Waals surface area contributed by atoms with Crippen LogP contribution in [0.2, 0.25) is 0 Å². The van der Waals surface area contributed by atoms with E-state index in [1.807, 2.05) is 46.6 Å². The SMILES string of the molecule is C/C=C/N(C(=O)[C@@H](NC(=O)[C@H]1CCCCN1C)C(C)CC)C(C[C@@H](O)c1nc(C(=O)N[C@@]2(C[C@H](C)C(=O)OC)CC2c2ccc(F)cc2)cs1)C(C)C. The third-order valence-electron chi connectivity index (χ3n) is 11.0. The lowest BCUT2D eigenvalue weighted by Crippen LogP contribution is -2.57. The Morgan fingerprint density at radius 3 is 2.47 bits per heavy atom. The minimum absolute atomic E-state index is 0.0692. The first kappa shape index (κ1) is 42.1. The average Bonchev–Trinajstić information content (AvgIpc) is 3.57.